The fourth-order valence-electron chi connectivity index (χ4n) is 2.83. The van der Waals surface area contributed by atoms with Crippen molar-refractivity contribution in [3.63, 3.8) is 0 Å². The van der Waals surface area contributed by atoms with Crippen LogP contribution in [0.4, 0.5) is 5.69 Å². The van der Waals surface area contributed by atoms with Crippen molar-refractivity contribution in [1.82, 2.24) is 10.4 Å². The Labute approximate surface area is 169 Å². The molecule has 0 saturated heterocycles. The molecule has 0 unspecified atom stereocenters. The van der Waals surface area contributed by atoms with Crippen molar-refractivity contribution >= 4 is 28.6 Å². The SMILES string of the molecule is COc1ccc(/C=N\NC(=Nc2ccccc2)c2ccc3ccccc3n2)cc1. The number of nitrogens with one attached hydrogen (secondary N) is 1. The van der Waals surface area contributed by atoms with Gasteiger partial charge in [-0.25, -0.2) is 9.98 Å². The van der Waals surface area contributed by atoms with Gasteiger partial charge in [0, 0.05) is 5.39 Å². The maximum atomic E-state index is 5.18. The van der Waals surface area contributed by atoms with Gasteiger partial charge in [-0.15, -0.1) is 0 Å². The molecule has 5 nitrogen and oxygen atoms in total. The van der Waals surface area contributed by atoms with Gasteiger partial charge in [0.05, 0.1) is 24.5 Å². The van der Waals surface area contributed by atoms with Crippen LogP contribution in [0.5, 0.6) is 5.75 Å². The van der Waals surface area contributed by atoms with Crippen LogP contribution in [0.2, 0.25) is 0 Å². The quantitative estimate of drug-likeness (QED) is 0.303. The van der Waals surface area contributed by atoms with E-state index >= 15 is 0 Å². The molecule has 0 radical (unpaired) electrons. The molecule has 0 fully saturated rings. The maximum Gasteiger partial charge on any atom is 0.173 e. The largest absolute Gasteiger partial charge is 0.497 e. The fourth-order valence-corrected chi connectivity index (χ4v) is 2.83. The van der Waals surface area contributed by atoms with Gasteiger partial charge >= 0.3 is 0 Å². The van der Waals surface area contributed by atoms with Gasteiger partial charge in [0.25, 0.3) is 0 Å². The Morgan fingerprint density at radius 2 is 1.62 bits per heavy atom. The standard InChI is InChI=1S/C24H20N4O/c1-29-21-14-11-18(12-15-21)17-25-28-24(26-20-8-3-2-4-9-20)23-16-13-19-7-5-6-10-22(19)27-23/h2-17H,1H3,(H,26,28)/b25-17-. The number of hydrogen-bond donors (Lipinski definition) is 1. The molecule has 4 rings (SSSR count). The van der Waals surface area contributed by atoms with Crippen molar-refractivity contribution in [3.8, 4) is 5.75 Å². The number of aromatic nitrogens is 1. The second-order valence-corrected chi connectivity index (χ2v) is 6.33. The van der Waals surface area contributed by atoms with Crippen LogP contribution in [0.3, 0.4) is 0 Å². The summed E-state index contributed by atoms with van der Waals surface area (Å²) in [5.41, 5.74) is 6.45. The van der Waals surface area contributed by atoms with Crippen molar-refractivity contribution in [2.24, 2.45) is 10.1 Å². The molecular weight excluding hydrogens is 360 g/mol. The molecule has 4 aromatic rings. The van der Waals surface area contributed by atoms with Crippen molar-refractivity contribution < 1.29 is 4.74 Å². The highest BCUT2D eigenvalue weighted by molar-refractivity contribution is 6.00. The molecule has 29 heavy (non-hydrogen) atoms. The van der Waals surface area contributed by atoms with Crippen LogP contribution in [0, 0.1) is 0 Å². The second kappa shape index (κ2) is 8.80. The number of benzene rings is 3. The van der Waals surface area contributed by atoms with Crippen molar-refractivity contribution in [2.45, 2.75) is 0 Å². The van der Waals surface area contributed by atoms with E-state index in [2.05, 4.69) is 10.5 Å². The Morgan fingerprint density at radius 1 is 0.862 bits per heavy atom. The number of pyridine rings is 1. The molecule has 5 heteroatoms. The first-order valence-electron chi connectivity index (χ1n) is 9.25. The van der Waals surface area contributed by atoms with Gasteiger partial charge in [-0.05, 0) is 54.1 Å². The summed E-state index contributed by atoms with van der Waals surface area (Å²) in [7, 11) is 1.65. The Balaban J connectivity index is 1.64. The van der Waals surface area contributed by atoms with E-state index in [0.29, 0.717) is 5.84 Å². The molecule has 0 saturated carbocycles. The van der Waals surface area contributed by atoms with Crippen LogP contribution in [-0.4, -0.2) is 24.1 Å². The zero-order valence-corrected chi connectivity index (χ0v) is 16.0. The number of aliphatic imine (C=N–C) groups is 1. The molecule has 1 heterocycles. The zero-order valence-electron chi connectivity index (χ0n) is 16.0. The molecule has 0 atom stereocenters. The molecule has 0 aliphatic carbocycles. The number of nitrogens with zero attached hydrogens (tertiary/aromatic N) is 3. The number of fused-ring (bicyclic) bond motifs is 1. The van der Waals surface area contributed by atoms with Gasteiger partial charge in [0.15, 0.2) is 5.84 Å². The number of methoxy groups -OCH3 is 1. The van der Waals surface area contributed by atoms with Crippen molar-refractivity contribution in [1.29, 1.82) is 0 Å². The average molecular weight is 380 g/mol. The second-order valence-electron chi connectivity index (χ2n) is 6.33. The topological polar surface area (TPSA) is 58.9 Å². The summed E-state index contributed by atoms with van der Waals surface area (Å²) in [5, 5.41) is 5.44. The van der Waals surface area contributed by atoms with E-state index in [0.717, 1.165) is 33.6 Å². The third kappa shape index (κ3) is 4.65. The molecule has 0 bridgehead atoms. The van der Waals surface area contributed by atoms with E-state index in [1.807, 2.05) is 91.0 Å². The summed E-state index contributed by atoms with van der Waals surface area (Å²) >= 11 is 0. The first-order valence-corrected chi connectivity index (χ1v) is 9.25. The highest BCUT2D eigenvalue weighted by Crippen LogP contribution is 2.15. The summed E-state index contributed by atoms with van der Waals surface area (Å²) in [4.78, 5) is 9.44. The lowest BCUT2D eigenvalue weighted by molar-refractivity contribution is 0.415. The monoisotopic (exact) mass is 380 g/mol. The molecule has 3 aromatic carbocycles. The van der Waals surface area contributed by atoms with Gasteiger partial charge in [-0.1, -0.05) is 42.5 Å². The first-order chi connectivity index (χ1) is 14.3. The molecule has 0 spiro atoms. The van der Waals surface area contributed by atoms with Gasteiger partial charge in [0.1, 0.15) is 11.4 Å². The molecule has 1 N–H and O–H groups in total. The van der Waals surface area contributed by atoms with Crippen molar-refractivity contribution in [2.75, 3.05) is 7.11 Å². The number of ether oxygens (including phenoxy) is 1. The number of amidine groups is 1. The number of hydrogen-bond acceptors (Lipinski definition) is 4. The maximum absolute atomic E-state index is 5.18. The van der Waals surface area contributed by atoms with Crippen LogP contribution in [0.1, 0.15) is 11.3 Å². The van der Waals surface area contributed by atoms with Crippen LogP contribution < -0.4 is 10.2 Å². The van der Waals surface area contributed by atoms with Crippen LogP contribution in [0.25, 0.3) is 10.9 Å². The molecular formula is C24H20N4O. The van der Waals surface area contributed by atoms with E-state index in [1.165, 1.54) is 0 Å². The molecule has 0 amide bonds. The highest BCUT2D eigenvalue weighted by atomic mass is 16.5. The normalized spacial score (nSPS) is 11.7. The lowest BCUT2D eigenvalue weighted by Crippen LogP contribution is -2.20. The Hall–Kier alpha value is -3.99. The molecule has 0 aliphatic heterocycles. The Bertz CT molecular complexity index is 1150. The number of para-hydroxylation sites is 2. The van der Waals surface area contributed by atoms with Gasteiger partial charge in [-0.3, -0.25) is 5.43 Å². The fraction of sp³-hybridized carbons (Fsp3) is 0.0417. The zero-order chi connectivity index (χ0) is 19.9. The van der Waals surface area contributed by atoms with E-state index in [1.54, 1.807) is 13.3 Å². The number of rotatable bonds is 5. The highest BCUT2D eigenvalue weighted by Gasteiger charge is 2.06. The minimum absolute atomic E-state index is 0.576. The van der Waals surface area contributed by atoms with E-state index in [9.17, 15) is 0 Å². The predicted octanol–water partition coefficient (Wildman–Crippen LogP) is 4.95. The summed E-state index contributed by atoms with van der Waals surface area (Å²) in [6.07, 6.45) is 1.74. The third-order valence-corrected chi connectivity index (χ3v) is 4.34. The average Bonchev–Trinajstić information content (AvgIpc) is 2.79. The van der Waals surface area contributed by atoms with E-state index in [4.69, 9.17) is 14.7 Å². The molecule has 0 aliphatic rings. The van der Waals surface area contributed by atoms with Gasteiger partial charge in [0.2, 0.25) is 0 Å². The Kier molecular flexibility index (Phi) is 5.58. The van der Waals surface area contributed by atoms with Crippen LogP contribution >= 0.6 is 0 Å². The van der Waals surface area contributed by atoms with Crippen molar-refractivity contribution in [3.05, 3.63) is 102 Å². The van der Waals surface area contributed by atoms with Crippen LogP contribution in [0.15, 0.2) is 101 Å². The predicted molar refractivity (Wildman–Crippen MR) is 118 cm³/mol. The Morgan fingerprint density at radius 3 is 2.41 bits per heavy atom. The third-order valence-electron chi connectivity index (χ3n) is 4.34. The van der Waals surface area contributed by atoms with E-state index < -0.39 is 0 Å². The summed E-state index contributed by atoms with van der Waals surface area (Å²) in [5.74, 6) is 1.38. The van der Waals surface area contributed by atoms with Crippen LogP contribution in [-0.2, 0) is 0 Å². The summed E-state index contributed by atoms with van der Waals surface area (Å²) < 4.78 is 5.18. The summed E-state index contributed by atoms with van der Waals surface area (Å²) in [6, 6.07) is 29.4. The minimum atomic E-state index is 0.576. The lowest BCUT2D eigenvalue weighted by Gasteiger charge is -2.07. The lowest BCUT2D eigenvalue weighted by atomic mass is 10.2. The summed E-state index contributed by atoms with van der Waals surface area (Å²) in [6.45, 7) is 0. The first kappa shape index (κ1) is 18.4. The van der Waals surface area contributed by atoms with E-state index in [-0.39, 0.29) is 0 Å². The molecule has 1 aromatic heterocycles. The smallest absolute Gasteiger partial charge is 0.173 e. The molecule has 142 valence electrons. The minimum Gasteiger partial charge on any atom is -0.497 e. The number of hydrazone groups is 1. The van der Waals surface area contributed by atoms with Gasteiger partial charge in [-0.2, -0.15) is 5.10 Å². The van der Waals surface area contributed by atoms with Gasteiger partial charge < -0.3 is 4.74 Å².